The van der Waals surface area contributed by atoms with Gasteiger partial charge in [0.1, 0.15) is 0 Å². The van der Waals surface area contributed by atoms with Gasteiger partial charge in [0, 0.05) is 34.1 Å². The van der Waals surface area contributed by atoms with Crippen molar-refractivity contribution in [1.29, 1.82) is 0 Å². The lowest BCUT2D eigenvalue weighted by Crippen LogP contribution is -2.46. The van der Waals surface area contributed by atoms with E-state index in [0.717, 1.165) is 29.4 Å². The number of fused-ring (bicyclic) bond motifs is 4. The largest absolute Gasteiger partial charge is 0.363 e. The highest BCUT2D eigenvalue weighted by molar-refractivity contribution is 9.10. The van der Waals surface area contributed by atoms with E-state index in [1.807, 2.05) is 0 Å². The normalized spacial score (nSPS) is 30.8. The van der Waals surface area contributed by atoms with Gasteiger partial charge in [0.25, 0.3) is 0 Å². The number of nitrogens with zero attached hydrogens (tertiary/aromatic N) is 1. The molecule has 0 fully saturated rings. The SMILES string of the molecule is CC(=O)c1cc2c3c(c1)[C@H]1C=CC[C@H]1[C@@H](c1cccc(Br)c1)N3C[C@@H]1CC=C[C@H]21. The molecule has 0 saturated carbocycles. The minimum Gasteiger partial charge on any atom is -0.363 e. The van der Waals surface area contributed by atoms with Crippen LogP contribution in [-0.4, -0.2) is 12.3 Å². The molecule has 0 spiro atoms. The van der Waals surface area contributed by atoms with Gasteiger partial charge in [-0.15, -0.1) is 0 Å². The summed E-state index contributed by atoms with van der Waals surface area (Å²) >= 11 is 3.69. The van der Waals surface area contributed by atoms with Gasteiger partial charge in [-0.25, -0.2) is 0 Å². The molecule has 0 N–H and O–H groups in total. The molecule has 0 unspecified atom stereocenters. The molecule has 2 aliphatic heterocycles. The van der Waals surface area contributed by atoms with Crippen molar-refractivity contribution in [3.8, 4) is 0 Å². The number of allylic oxidation sites excluding steroid dienone is 4. The van der Waals surface area contributed by atoms with Crippen molar-refractivity contribution >= 4 is 27.4 Å². The average Bonchev–Trinajstić information content (AvgIpc) is 3.37. The number of hydrogen-bond acceptors (Lipinski definition) is 2. The van der Waals surface area contributed by atoms with E-state index in [2.05, 4.69) is 81.5 Å². The summed E-state index contributed by atoms with van der Waals surface area (Å²) < 4.78 is 1.15. The number of halogens is 1. The second-order valence-electron chi connectivity index (χ2n) is 9.01. The Morgan fingerprint density at radius 1 is 1.03 bits per heavy atom. The van der Waals surface area contributed by atoms with Gasteiger partial charge < -0.3 is 4.90 Å². The van der Waals surface area contributed by atoms with Crippen LogP contribution < -0.4 is 4.90 Å². The number of carbonyl (C=O) groups excluding carboxylic acids is 1. The van der Waals surface area contributed by atoms with Gasteiger partial charge >= 0.3 is 0 Å². The van der Waals surface area contributed by atoms with Crippen LogP contribution in [0.15, 0.2) is 65.2 Å². The molecule has 0 aromatic heterocycles. The van der Waals surface area contributed by atoms with Gasteiger partial charge in [-0.3, -0.25) is 4.79 Å². The molecular weight excluding hydrogens is 422 g/mol. The summed E-state index contributed by atoms with van der Waals surface area (Å²) in [6.45, 7) is 2.80. The Labute approximate surface area is 180 Å². The van der Waals surface area contributed by atoms with Crippen molar-refractivity contribution in [3.63, 3.8) is 0 Å². The van der Waals surface area contributed by atoms with Gasteiger partial charge in [0.05, 0.1) is 6.04 Å². The third kappa shape index (κ3) is 2.56. The quantitative estimate of drug-likeness (QED) is 0.385. The molecule has 29 heavy (non-hydrogen) atoms. The van der Waals surface area contributed by atoms with E-state index in [-0.39, 0.29) is 5.78 Å². The Morgan fingerprint density at radius 2 is 1.79 bits per heavy atom. The lowest BCUT2D eigenvalue weighted by atomic mass is 9.70. The van der Waals surface area contributed by atoms with Crippen molar-refractivity contribution in [2.75, 3.05) is 11.4 Å². The highest BCUT2D eigenvalue weighted by Gasteiger charge is 2.47. The maximum absolute atomic E-state index is 12.4. The van der Waals surface area contributed by atoms with E-state index < -0.39 is 0 Å². The fraction of sp³-hybridized carbons (Fsp3) is 0.346. The summed E-state index contributed by atoms with van der Waals surface area (Å²) in [5, 5.41) is 0. The van der Waals surface area contributed by atoms with Crippen LogP contribution in [0.3, 0.4) is 0 Å². The molecule has 0 radical (unpaired) electrons. The predicted molar refractivity (Wildman–Crippen MR) is 121 cm³/mol. The van der Waals surface area contributed by atoms with Crippen LogP contribution >= 0.6 is 15.9 Å². The fourth-order valence-corrected chi connectivity index (χ4v) is 6.67. The summed E-state index contributed by atoms with van der Waals surface area (Å²) in [5.74, 6) is 2.15. The Morgan fingerprint density at radius 3 is 2.59 bits per heavy atom. The van der Waals surface area contributed by atoms with Gasteiger partial charge in [0.15, 0.2) is 5.78 Å². The Kier molecular flexibility index (Phi) is 3.93. The zero-order valence-electron chi connectivity index (χ0n) is 16.5. The van der Waals surface area contributed by atoms with Crippen LogP contribution in [0.5, 0.6) is 0 Å². The maximum atomic E-state index is 12.4. The van der Waals surface area contributed by atoms with Gasteiger partial charge in [0.2, 0.25) is 0 Å². The first-order valence-electron chi connectivity index (χ1n) is 10.7. The van der Waals surface area contributed by atoms with Crippen molar-refractivity contribution in [1.82, 2.24) is 0 Å². The molecule has 3 heteroatoms. The summed E-state index contributed by atoms with van der Waals surface area (Å²) in [5.41, 5.74) is 6.42. The number of carbonyl (C=O) groups is 1. The number of hydrogen-bond donors (Lipinski definition) is 0. The van der Waals surface area contributed by atoms with E-state index in [1.54, 1.807) is 6.92 Å². The zero-order chi connectivity index (χ0) is 19.7. The molecule has 0 bridgehead atoms. The summed E-state index contributed by atoms with van der Waals surface area (Å²) in [4.78, 5) is 15.0. The molecule has 2 aromatic carbocycles. The van der Waals surface area contributed by atoms with Crippen molar-refractivity contribution in [2.24, 2.45) is 11.8 Å². The Balaban J connectivity index is 1.61. The topological polar surface area (TPSA) is 20.3 Å². The van der Waals surface area contributed by atoms with Crippen LogP contribution in [0.25, 0.3) is 0 Å². The van der Waals surface area contributed by atoms with Gasteiger partial charge in [-0.1, -0.05) is 52.4 Å². The number of benzene rings is 2. The molecule has 4 aliphatic rings. The Bertz CT molecular complexity index is 1070. The number of anilines is 1. The van der Waals surface area contributed by atoms with Crippen LogP contribution in [0.2, 0.25) is 0 Å². The number of Topliss-reactive ketones (excluding diaryl/α,β-unsaturated/α-hetero) is 1. The minimum absolute atomic E-state index is 0.173. The third-order valence-electron chi connectivity index (χ3n) is 7.45. The standard InChI is InChI=1S/C26H24BrNO/c1-15(29)18-12-23-20-8-3-6-17(20)14-28-25(16-5-2-7-19(27)11-16)22-10-4-9-21(22)24(13-18)26(23)28/h2-5,7-9,11-13,17,20-22,25H,6,10,14H2,1H3/t17-,20-,21-,22+,25+/m0/s1. The first kappa shape index (κ1) is 17.7. The van der Waals surface area contributed by atoms with E-state index >= 15 is 0 Å². The second-order valence-corrected chi connectivity index (χ2v) is 9.93. The van der Waals surface area contributed by atoms with Gasteiger partial charge in [-0.2, -0.15) is 0 Å². The molecular formula is C26H24BrNO. The van der Waals surface area contributed by atoms with E-state index in [0.29, 0.717) is 29.7 Å². The summed E-state index contributed by atoms with van der Waals surface area (Å²) in [7, 11) is 0. The lowest BCUT2D eigenvalue weighted by Gasteiger charge is -2.51. The summed E-state index contributed by atoms with van der Waals surface area (Å²) in [6, 6.07) is 13.6. The predicted octanol–water partition coefficient (Wildman–Crippen LogP) is 6.55. The van der Waals surface area contributed by atoms with Crippen LogP contribution in [0, 0.1) is 11.8 Å². The highest BCUT2D eigenvalue weighted by Crippen LogP contribution is 2.59. The minimum atomic E-state index is 0.173. The monoisotopic (exact) mass is 445 g/mol. The van der Waals surface area contributed by atoms with Crippen LogP contribution in [-0.2, 0) is 0 Å². The molecule has 0 saturated heterocycles. The average molecular weight is 446 g/mol. The molecule has 2 aliphatic carbocycles. The number of ketones is 1. The second kappa shape index (κ2) is 6.43. The van der Waals surface area contributed by atoms with E-state index in [1.165, 1.54) is 22.4 Å². The molecule has 146 valence electrons. The van der Waals surface area contributed by atoms with Crippen LogP contribution in [0.1, 0.15) is 64.7 Å². The molecule has 2 heterocycles. The smallest absolute Gasteiger partial charge is 0.159 e. The first-order chi connectivity index (χ1) is 14.1. The van der Waals surface area contributed by atoms with Gasteiger partial charge in [-0.05, 0) is 72.6 Å². The first-order valence-corrected chi connectivity index (χ1v) is 11.5. The molecule has 0 amide bonds. The Hall–Kier alpha value is -2.13. The highest BCUT2D eigenvalue weighted by atomic mass is 79.9. The number of rotatable bonds is 2. The van der Waals surface area contributed by atoms with Crippen LogP contribution in [0.4, 0.5) is 5.69 Å². The zero-order valence-corrected chi connectivity index (χ0v) is 18.1. The lowest BCUT2D eigenvalue weighted by molar-refractivity contribution is 0.101. The van der Waals surface area contributed by atoms with Crippen molar-refractivity contribution in [3.05, 3.63) is 87.4 Å². The van der Waals surface area contributed by atoms with E-state index in [9.17, 15) is 4.79 Å². The maximum Gasteiger partial charge on any atom is 0.159 e. The molecule has 6 rings (SSSR count). The molecule has 2 aromatic rings. The molecule has 5 atom stereocenters. The van der Waals surface area contributed by atoms with Crippen molar-refractivity contribution < 1.29 is 4.79 Å². The fourth-order valence-electron chi connectivity index (χ4n) is 6.25. The third-order valence-corrected chi connectivity index (χ3v) is 7.94. The summed E-state index contributed by atoms with van der Waals surface area (Å²) in [6.07, 6.45) is 11.7. The van der Waals surface area contributed by atoms with Crippen molar-refractivity contribution in [2.45, 2.75) is 37.6 Å². The molecule has 2 nitrogen and oxygen atoms in total. The van der Waals surface area contributed by atoms with E-state index in [4.69, 9.17) is 0 Å².